The van der Waals surface area contributed by atoms with E-state index in [4.69, 9.17) is 0 Å². The minimum Gasteiger partial charge on any atom is -0.508 e. The Morgan fingerprint density at radius 2 is 1.81 bits per heavy atom. The summed E-state index contributed by atoms with van der Waals surface area (Å²) in [6.45, 7) is 1.85. The second-order valence-corrected chi connectivity index (χ2v) is 3.60. The minimum absolute atomic E-state index is 0.205. The highest BCUT2D eigenvalue weighted by molar-refractivity contribution is 5.64. The van der Waals surface area contributed by atoms with Gasteiger partial charge in [-0.05, 0) is 42.8 Å². The molecule has 0 spiro atoms. The van der Waals surface area contributed by atoms with Crippen LogP contribution in [0.4, 0.5) is 15.8 Å². The van der Waals surface area contributed by atoms with Gasteiger partial charge in [0.1, 0.15) is 11.6 Å². The summed E-state index contributed by atoms with van der Waals surface area (Å²) >= 11 is 0. The first-order valence-corrected chi connectivity index (χ1v) is 4.98. The number of anilines is 2. The van der Waals surface area contributed by atoms with Gasteiger partial charge in [0.25, 0.3) is 0 Å². The summed E-state index contributed by atoms with van der Waals surface area (Å²) in [5.41, 5.74) is 2.07. The molecule has 0 aliphatic rings. The van der Waals surface area contributed by atoms with Crippen molar-refractivity contribution in [2.75, 3.05) is 5.32 Å². The number of aryl methyl sites for hydroxylation is 1. The second-order valence-electron chi connectivity index (χ2n) is 3.60. The quantitative estimate of drug-likeness (QED) is 0.753. The van der Waals surface area contributed by atoms with Gasteiger partial charge in [0.2, 0.25) is 0 Å². The zero-order chi connectivity index (χ0) is 11.5. The highest BCUT2D eigenvalue weighted by atomic mass is 19.1. The lowest BCUT2D eigenvalue weighted by Gasteiger charge is -2.10. The molecule has 0 amide bonds. The van der Waals surface area contributed by atoms with Crippen molar-refractivity contribution in [2.45, 2.75) is 6.92 Å². The predicted octanol–water partition coefficient (Wildman–Crippen LogP) is 3.58. The van der Waals surface area contributed by atoms with Crippen LogP contribution in [-0.4, -0.2) is 5.11 Å². The molecule has 0 aromatic heterocycles. The number of benzene rings is 2. The zero-order valence-corrected chi connectivity index (χ0v) is 8.87. The molecule has 0 aliphatic heterocycles. The van der Waals surface area contributed by atoms with Crippen molar-refractivity contribution in [3.05, 3.63) is 53.8 Å². The van der Waals surface area contributed by atoms with E-state index >= 15 is 0 Å². The Morgan fingerprint density at radius 3 is 2.50 bits per heavy atom. The fourth-order valence-corrected chi connectivity index (χ4v) is 1.50. The molecule has 0 saturated carbocycles. The predicted molar refractivity (Wildman–Crippen MR) is 62.5 cm³/mol. The molecule has 2 aromatic rings. The molecule has 0 saturated heterocycles. The Kier molecular flexibility index (Phi) is 2.77. The Bertz CT molecular complexity index is 511. The average Bonchev–Trinajstić information content (AvgIpc) is 2.25. The Hall–Kier alpha value is -2.03. The van der Waals surface area contributed by atoms with Crippen LogP contribution in [0, 0.1) is 12.7 Å². The Morgan fingerprint density at radius 1 is 1.06 bits per heavy atom. The Labute approximate surface area is 93.4 Å². The van der Waals surface area contributed by atoms with Crippen LogP contribution in [0.2, 0.25) is 0 Å². The molecular weight excluding hydrogens is 205 g/mol. The number of nitrogens with one attached hydrogen (secondary N) is 1. The highest BCUT2D eigenvalue weighted by Gasteiger charge is 2.03. The van der Waals surface area contributed by atoms with Gasteiger partial charge in [-0.2, -0.15) is 0 Å². The SMILES string of the molecule is Cc1cc(O)ccc1Nc1ccccc1F. The van der Waals surface area contributed by atoms with E-state index in [1.807, 2.05) is 6.92 Å². The largest absolute Gasteiger partial charge is 0.508 e. The van der Waals surface area contributed by atoms with E-state index in [1.165, 1.54) is 6.07 Å². The maximum absolute atomic E-state index is 13.4. The zero-order valence-electron chi connectivity index (χ0n) is 8.87. The van der Waals surface area contributed by atoms with Crippen LogP contribution in [-0.2, 0) is 0 Å². The van der Waals surface area contributed by atoms with Crippen molar-refractivity contribution in [3.8, 4) is 5.75 Å². The third kappa shape index (κ3) is 2.14. The summed E-state index contributed by atoms with van der Waals surface area (Å²) in [5.74, 6) is -0.0911. The van der Waals surface area contributed by atoms with E-state index in [2.05, 4.69) is 5.32 Å². The van der Waals surface area contributed by atoms with E-state index in [1.54, 1.807) is 36.4 Å². The minimum atomic E-state index is -0.296. The van der Waals surface area contributed by atoms with Crippen LogP contribution in [0.5, 0.6) is 5.75 Å². The molecule has 0 bridgehead atoms. The lowest BCUT2D eigenvalue weighted by molar-refractivity contribution is 0.475. The molecule has 82 valence electrons. The van der Waals surface area contributed by atoms with Gasteiger partial charge in [-0.15, -0.1) is 0 Å². The summed E-state index contributed by atoms with van der Waals surface area (Å²) in [7, 11) is 0. The van der Waals surface area contributed by atoms with Gasteiger partial charge in [0.05, 0.1) is 5.69 Å². The molecule has 0 fully saturated rings. The number of phenols is 1. The summed E-state index contributed by atoms with van der Waals surface area (Å²) in [6, 6.07) is 11.4. The first kappa shape index (κ1) is 10.5. The number of halogens is 1. The number of phenolic OH excluding ortho intramolecular Hbond substituents is 1. The molecule has 0 heterocycles. The van der Waals surface area contributed by atoms with Crippen LogP contribution in [0.25, 0.3) is 0 Å². The fourth-order valence-electron chi connectivity index (χ4n) is 1.50. The van der Waals surface area contributed by atoms with Gasteiger partial charge in [0.15, 0.2) is 0 Å². The lowest BCUT2D eigenvalue weighted by Crippen LogP contribution is -1.95. The van der Waals surface area contributed by atoms with Crippen LogP contribution in [0.1, 0.15) is 5.56 Å². The van der Waals surface area contributed by atoms with Gasteiger partial charge < -0.3 is 10.4 Å². The molecule has 2 aromatic carbocycles. The summed E-state index contributed by atoms with van der Waals surface area (Å²) < 4.78 is 13.4. The molecule has 3 heteroatoms. The van der Waals surface area contributed by atoms with Crippen molar-refractivity contribution in [1.29, 1.82) is 0 Å². The van der Waals surface area contributed by atoms with E-state index in [0.29, 0.717) is 5.69 Å². The van der Waals surface area contributed by atoms with Crippen molar-refractivity contribution in [3.63, 3.8) is 0 Å². The Balaban J connectivity index is 2.31. The van der Waals surface area contributed by atoms with E-state index in [-0.39, 0.29) is 11.6 Å². The van der Waals surface area contributed by atoms with Crippen molar-refractivity contribution in [2.24, 2.45) is 0 Å². The van der Waals surface area contributed by atoms with Gasteiger partial charge in [0, 0.05) is 5.69 Å². The maximum atomic E-state index is 13.4. The van der Waals surface area contributed by atoms with E-state index < -0.39 is 0 Å². The number of aromatic hydroxyl groups is 1. The lowest BCUT2D eigenvalue weighted by atomic mass is 10.2. The first-order valence-electron chi connectivity index (χ1n) is 4.98. The van der Waals surface area contributed by atoms with Crippen LogP contribution in [0.3, 0.4) is 0 Å². The van der Waals surface area contributed by atoms with Crippen molar-refractivity contribution < 1.29 is 9.50 Å². The summed E-state index contributed by atoms with van der Waals surface area (Å²) in [5, 5.41) is 12.2. The summed E-state index contributed by atoms with van der Waals surface area (Å²) in [4.78, 5) is 0. The number of para-hydroxylation sites is 1. The molecule has 0 aliphatic carbocycles. The molecule has 2 N–H and O–H groups in total. The normalized spacial score (nSPS) is 10.1. The molecule has 2 nitrogen and oxygen atoms in total. The van der Waals surface area contributed by atoms with Gasteiger partial charge in [-0.25, -0.2) is 4.39 Å². The van der Waals surface area contributed by atoms with Crippen LogP contribution < -0.4 is 5.32 Å². The van der Waals surface area contributed by atoms with Gasteiger partial charge >= 0.3 is 0 Å². The number of hydrogen-bond donors (Lipinski definition) is 2. The van der Waals surface area contributed by atoms with Crippen LogP contribution in [0.15, 0.2) is 42.5 Å². The smallest absolute Gasteiger partial charge is 0.146 e. The van der Waals surface area contributed by atoms with Crippen LogP contribution >= 0.6 is 0 Å². The van der Waals surface area contributed by atoms with E-state index in [0.717, 1.165) is 11.3 Å². The van der Waals surface area contributed by atoms with Gasteiger partial charge in [-0.3, -0.25) is 0 Å². The van der Waals surface area contributed by atoms with Crippen molar-refractivity contribution >= 4 is 11.4 Å². The molecule has 16 heavy (non-hydrogen) atoms. The third-order valence-corrected chi connectivity index (χ3v) is 2.35. The fraction of sp³-hybridized carbons (Fsp3) is 0.0769. The molecular formula is C13H12FNO. The number of hydrogen-bond acceptors (Lipinski definition) is 2. The molecule has 0 radical (unpaired) electrons. The highest BCUT2D eigenvalue weighted by Crippen LogP contribution is 2.25. The second kappa shape index (κ2) is 4.23. The maximum Gasteiger partial charge on any atom is 0.146 e. The van der Waals surface area contributed by atoms with E-state index in [9.17, 15) is 9.50 Å². The van der Waals surface area contributed by atoms with Crippen molar-refractivity contribution in [1.82, 2.24) is 0 Å². The molecule has 0 unspecified atom stereocenters. The molecule has 0 atom stereocenters. The monoisotopic (exact) mass is 217 g/mol. The summed E-state index contributed by atoms with van der Waals surface area (Å²) in [6.07, 6.45) is 0. The third-order valence-electron chi connectivity index (χ3n) is 2.35. The average molecular weight is 217 g/mol. The number of rotatable bonds is 2. The standard InChI is InChI=1S/C13H12FNO/c1-9-8-10(16)6-7-12(9)15-13-5-3-2-4-11(13)14/h2-8,15-16H,1H3. The topological polar surface area (TPSA) is 32.3 Å². The first-order chi connectivity index (χ1) is 7.66. The molecule has 2 rings (SSSR count). The van der Waals surface area contributed by atoms with Gasteiger partial charge in [-0.1, -0.05) is 12.1 Å².